The molecule has 10 bridgehead atoms. The Bertz CT molecular complexity index is 2670. The minimum Gasteiger partial charge on any atom is -0.446 e. The number of amides is 6. The standard InChI is InChI=1S/C24H31N7O6.C21H28N8O5.C2H6/c1-2-3-4-7-14-23-30-16(12-36-23)20(32)26-10-19-27-17(11-35-19)21(33)28-15(8-5-6-9-25)24-31-18(13-37-24)22(34)29-14;1-3-12-18(31)26-13(6-4-5-7-22)20-27-15(10-33-20)19(32)29-16(23)21-28-14(9-34-21)17(30)24-8-11(2)25-12;1-2/h11-15H,2-10,25H2,1H3,(H,26,32)(H,28,33)(H,29,34);3,9-10,13,16H,4-8,22-23H2,1-2H3,(H,24,30)(H,26,31)(H,29,32);1-2H3/b;12-3-,25-11?;. The summed E-state index contributed by atoms with van der Waals surface area (Å²) in [5, 5.41) is 16.3. The Morgan fingerprint density at radius 3 is 1.41 bits per heavy atom. The normalized spacial score (nSPS) is 19.3. The quantitative estimate of drug-likeness (QED) is 0.0629. The van der Waals surface area contributed by atoms with Crippen LogP contribution in [0.15, 0.2) is 70.2 Å². The van der Waals surface area contributed by atoms with Gasteiger partial charge in [0.15, 0.2) is 34.6 Å². The predicted octanol–water partition coefficient (Wildman–Crippen LogP) is 4.02. The van der Waals surface area contributed by atoms with Crippen LogP contribution in [0, 0.1) is 0 Å². The second-order valence-electron chi connectivity index (χ2n) is 16.4. The zero-order chi connectivity index (χ0) is 52.9. The van der Waals surface area contributed by atoms with Gasteiger partial charge in [0.05, 0.1) is 13.1 Å². The van der Waals surface area contributed by atoms with Crippen molar-refractivity contribution in [2.75, 3.05) is 19.6 Å². The molecule has 0 spiro atoms. The number of carbonyl (C=O) groups is 6. The molecule has 0 radical (unpaired) electrons. The minimum atomic E-state index is -1.13. The molecule has 0 aromatic carbocycles. The van der Waals surface area contributed by atoms with Crippen molar-refractivity contribution in [2.45, 2.75) is 130 Å². The molecule has 0 saturated heterocycles. The number of hydrogen-bond acceptors (Lipinski definition) is 20. The first-order valence-corrected chi connectivity index (χ1v) is 24.2. The molecular formula is C47H65N15O11. The fraction of sp³-hybridized carbons (Fsp3) is 0.489. The summed E-state index contributed by atoms with van der Waals surface area (Å²) < 4.78 is 27.2. The highest BCUT2D eigenvalue weighted by Gasteiger charge is 2.29. The van der Waals surface area contributed by atoms with Crippen molar-refractivity contribution < 1.29 is 50.9 Å². The van der Waals surface area contributed by atoms with Crippen LogP contribution in [0.5, 0.6) is 0 Å². The SMILES string of the molecule is C/C=C1\N=C(C)CNC(=O)c2coc(n2)C(N)NC(=O)c2coc(n2)C(CCCCN)NC1=O.CC.CCCCCC1NC(=O)c2coc(n2)C(CCCCN)NC(=O)c2coc(n2)CNC(=O)c2coc1n2. The maximum atomic E-state index is 13.1. The number of hydrogen-bond donors (Lipinski definition) is 9. The van der Waals surface area contributed by atoms with E-state index in [9.17, 15) is 28.8 Å². The Hall–Kier alpha value is -7.84. The summed E-state index contributed by atoms with van der Waals surface area (Å²) in [6.07, 6.45) is 13.6. The molecule has 26 heteroatoms. The third-order valence-electron chi connectivity index (χ3n) is 10.9. The molecule has 7 rings (SSSR count). The number of unbranched alkanes of at least 4 members (excludes halogenated alkanes) is 4. The van der Waals surface area contributed by atoms with Crippen LogP contribution in [0.1, 0.15) is 205 Å². The Morgan fingerprint density at radius 1 is 0.534 bits per heavy atom. The number of aliphatic imine (C=N–C) groups is 1. The van der Waals surface area contributed by atoms with Gasteiger partial charge in [-0.15, -0.1) is 0 Å². The van der Waals surface area contributed by atoms with Crippen LogP contribution < -0.4 is 49.1 Å². The van der Waals surface area contributed by atoms with Crippen LogP contribution in [0.3, 0.4) is 0 Å². The van der Waals surface area contributed by atoms with Gasteiger partial charge < -0.3 is 71.2 Å². The van der Waals surface area contributed by atoms with Crippen molar-refractivity contribution in [3.05, 3.63) is 101 Å². The summed E-state index contributed by atoms with van der Waals surface area (Å²) in [5.74, 6) is -2.50. The Balaban J connectivity index is 0.000000263. The molecule has 7 heterocycles. The summed E-state index contributed by atoms with van der Waals surface area (Å²) in [6.45, 7) is 10.4. The maximum absolute atomic E-state index is 13.1. The molecule has 0 fully saturated rings. The van der Waals surface area contributed by atoms with Crippen LogP contribution in [0.4, 0.5) is 0 Å². The van der Waals surface area contributed by atoms with Gasteiger partial charge in [0.25, 0.3) is 35.4 Å². The lowest BCUT2D eigenvalue weighted by Crippen LogP contribution is -2.35. The van der Waals surface area contributed by atoms with Gasteiger partial charge in [-0.1, -0.05) is 46.1 Å². The largest absolute Gasteiger partial charge is 0.446 e. The minimum absolute atomic E-state index is 0.0253. The molecule has 5 aromatic rings. The molecule has 26 nitrogen and oxygen atoms in total. The molecule has 394 valence electrons. The van der Waals surface area contributed by atoms with E-state index in [0.717, 1.165) is 38.4 Å². The number of aromatic nitrogens is 5. The van der Waals surface area contributed by atoms with E-state index in [4.69, 9.17) is 39.3 Å². The molecule has 6 amide bonds. The van der Waals surface area contributed by atoms with Crippen molar-refractivity contribution in [2.24, 2.45) is 22.2 Å². The van der Waals surface area contributed by atoms with Crippen molar-refractivity contribution in [3.8, 4) is 0 Å². The molecule has 12 N–H and O–H groups in total. The maximum Gasteiger partial charge on any atom is 0.274 e. The van der Waals surface area contributed by atoms with Crippen LogP contribution in [-0.4, -0.2) is 85.7 Å². The number of nitrogens with two attached hydrogens (primary N) is 3. The fourth-order valence-electron chi connectivity index (χ4n) is 7.05. The average Bonchev–Trinajstić information content (AvgIpc) is 4.26. The Morgan fingerprint density at radius 2 is 0.932 bits per heavy atom. The van der Waals surface area contributed by atoms with Gasteiger partial charge in [0, 0.05) is 5.71 Å². The van der Waals surface area contributed by atoms with Crippen LogP contribution >= 0.6 is 0 Å². The predicted molar refractivity (Wildman–Crippen MR) is 260 cm³/mol. The second-order valence-corrected chi connectivity index (χ2v) is 16.4. The average molecular weight is 1020 g/mol. The fourth-order valence-corrected chi connectivity index (χ4v) is 7.05. The third kappa shape index (κ3) is 16.1. The monoisotopic (exact) mass is 1020 g/mol. The molecule has 73 heavy (non-hydrogen) atoms. The lowest BCUT2D eigenvalue weighted by molar-refractivity contribution is -0.118. The highest BCUT2D eigenvalue weighted by Crippen LogP contribution is 2.24. The van der Waals surface area contributed by atoms with Crippen molar-refractivity contribution in [3.63, 3.8) is 0 Å². The molecule has 0 saturated carbocycles. The lowest BCUT2D eigenvalue weighted by Gasteiger charge is -2.16. The van der Waals surface area contributed by atoms with E-state index in [1.165, 1.54) is 25.1 Å². The summed E-state index contributed by atoms with van der Waals surface area (Å²) in [7, 11) is 0. The molecule has 2 aliphatic rings. The van der Waals surface area contributed by atoms with E-state index in [0.29, 0.717) is 50.9 Å². The number of rotatable bonds is 12. The van der Waals surface area contributed by atoms with E-state index in [2.05, 4.69) is 68.7 Å². The first-order valence-electron chi connectivity index (χ1n) is 24.2. The highest BCUT2D eigenvalue weighted by molar-refractivity contribution is 6.00. The Labute approximate surface area is 420 Å². The molecule has 4 unspecified atom stereocenters. The molecule has 5 aromatic heterocycles. The van der Waals surface area contributed by atoms with E-state index in [-0.39, 0.29) is 76.7 Å². The number of fused-ring (bicyclic) bond motifs is 10. The number of nitrogens with zero attached hydrogens (tertiary/aromatic N) is 6. The van der Waals surface area contributed by atoms with Gasteiger partial charge in [-0.25, -0.2) is 24.9 Å². The molecule has 0 aliphatic carbocycles. The van der Waals surface area contributed by atoms with Gasteiger partial charge >= 0.3 is 0 Å². The third-order valence-corrected chi connectivity index (χ3v) is 10.9. The summed E-state index contributed by atoms with van der Waals surface area (Å²) in [4.78, 5) is 102. The number of oxazole rings is 5. The van der Waals surface area contributed by atoms with Crippen LogP contribution in [0.2, 0.25) is 0 Å². The Kier molecular flexibility index (Phi) is 21.7. The van der Waals surface area contributed by atoms with Crippen molar-refractivity contribution >= 4 is 41.2 Å². The summed E-state index contributed by atoms with van der Waals surface area (Å²) in [5.41, 5.74) is 17.8. The first kappa shape index (κ1) is 56.1. The topological polar surface area (TPSA) is 395 Å². The van der Waals surface area contributed by atoms with Crippen LogP contribution in [-0.2, 0) is 11.3 Å². The first-order chi connectivity index (χ1) is 35.3. The lowest BCUT2D eigenvalue weighted by atomic mass is 10.1. The zero-order valence-corrected chi connectivity index (χ0v) is 41.6. The summed E-state index contributed by atoms with van der Waals surface area (Å²) >= 11 is 0. The number of carbonyl (C=O) groups excluding carboxylic acids is 6. The highest BCUT2D eigenvalue weighted by atomic mass is 16.4. The number of allylic oxidation sites excluding steroid dienone is 1. The summed E-state index contributed by atoms with van der Waals surface area (Å²) in [6, 6.07) is -1.81. The van der Waals surface area contributed by atoms with E-state index in [1.54, 1.807) is 19.9 Å². The van der Waals surface area contributed by atoms with Crippen molar-refractivity contribution in [1.82, 2.24) is 56.8 Å². The van der Waals surface area contributed by atoms with E-state index in [1.807, 2.05) is 13.8 Å². The van der Waals surface area contributed by atoms with E-state index < -0.39 is 59.7 Å². The smallest absolute Gasteiger partial charge is 0.274 e. The molecule has 4 atom stereocenters. The van der Waals surface area contributed by atoms with E-state index >= 15 is 0 Å². The van der Waals surface area contributed by atoms with Gasteiger partial charge in [0.1, 0.15) is 55.1 Å². The van der Waals surface area contributed by atoms with Gasteiger partial charge in [0.2, 0.25) is 29.5 Å². The zero-order valence-electron chi connectivity index (χ0n) is 41.6. The van der Waals surface area contributed by atoms with Crippen LogP contribution in [0.25, 0.3) is 0 Å². The van der Waals surface area contributed by atoms with Crippen molar-refractivity contribution in [1.29, 1.82) is 0 Å². The molecule has 2 aliphatic heterocycles. The van der Waals surface area contributed by atoms with Gasteiger partial charge in [-0.3, -0.25) is 33.8 Å². The molecular weight excluding hydrogens is 951 g/mol. The van der Waals surface area contributed by atoms with Gasteiger partial charge in [-0.05, 0) is 71.9 Å². The number of nitrogens with one attached hydrogen (secondary N) is 6. The second kappa shape index (κ2) is 28.3. The van der Waals surface area contributed by atoms with Gasteiger partial charge in [-0.2, -0.15) is 0 Å².